The van der Waals surface area contributed by atoms with Gasteiger partial charge >= 0.3 is 0 Å². The molecule has 2 heterocycles. The SMILES string of the molecule is O=C(Nc1sc2c(c1-c1nnc(-c3ccccc3)o1)CCCC2)c1ccccc1. The molecule has 0 radical (unpaired) electrons. The fourth-order valence-electron chi connectivity index (χ4n) is 3.67. The van der Waals surface area contributed by atoms with E-state index in [9.17, 15) is 4.79 Å². The van der Waals surface area contributed by atoms with Crippen LogP contribution in [0.4, 0.5) is 5.00 Å². The molecule has 6 heteroatoms. The van der Waals surface area contributed by atoms with Crippen molar-refractivity contribution in [3.63, 3.8) is 0 Å². The second-order valence-corrected chi connectivity index (χ2v) is 8.12. The molecule has 1 aliphatic carbocycles. The molecule has 0 bridgehead atoms. The predicted molar refractivity (Wildman–Crippen MR) is 114 cm³/mol. The molecule has 5 nitrogen and oxygen atoms in total. The van der Waals surface area contributed by atoms with Crippen molar-refractivity contribution in [3.8, 4) is 22.9 Å². The zero-order valence-electron chi connectivity index (χ0n) is 15.7. The van der Waals surface area contributed by atoms with Crippen LogP contribution in [0.25, 0.3) is 22.9 Å². The molecule has 0 atom stereocenters. The summed E-state index contributed by atoms with van der Waals surface area (Å²) in [7, 11) is 0. The Balaban J connectivity index is 1.54. The van der Waals surface area contributed by atoms with Crippen LogP contribution >= 0.6 is 11.3 Å². The van der Waals surface area contributed by atoms with E-state index in [1.165, 1.54) is 10.4 Å². The maximum atomic E-state index is 12.8. The Hall–Kier alpha value is -3.25. The summed E-state index contributed by atoms with van der Waals surface area (Å²) in [5.41, 5.74) is 3.61. The number of hydrogen-bond acceptors (Lipinski definition) is 5. The van der Waals surface area contributed by atoms with Crippen LogP contribution in [0.5, 0.6) is 0 Å². The number of aryl methyl sites for hydroxylation is 1. The molecule has 4 aromatic rings. The second kappa shape index (κ2) is 7.64. The van der Waals surface area contributed by atoms with Gasteiger partial charge in [-0.3, -0.25) is 4.79 Å². The van der Waals surface area contributed by atoms with Gasteiger partial charge in [-0.25, -0.2) is 0 Å². The van der Waals surface area contributed by atoms with Crippen LogP contribution in [0.2, 0.25) is 0 Å². The topological polar surface area (TPSA) is 68.0 Å². The van der Waals surface area contributed by atoms with Gasteiger partial charge in [-0.2, -0.15) is 0 Å². The molecule has 0 fully saturated rings. The van der Waals surface area contributed by atoms with Crippen molar-refractivity contribution in [2.45, 2.75) is 25.7 Å². The van der Waals surface area contributed by atoms with E-state index in [4.69, 9.17) is 4.42 Å². The normalized spacial score (nSPS) is 13.1. The van der Waals surface area contributed by atoms with Crippen LogP contribution < -0.4 is 5.32 Å². The monoisotopic (exact) mass is 401 g/mol. The van der Waals surface area contributed by atoms with Crippen LogP contribution in [0.15, 0.2) is 65.1 Å². The first-order valence-corrected chi connectivity index (χ1v) is 10.5. The maximum absolute atomic E-state index is 12.8. The zero-order chi connectivity index (χ0) is 19.6. The number of thiophene rings is 1. The van der Waals surface area contributed by atoms with Gasteiger partial charge in [0.25, 0.3) is 11.8 Å². The minimum absolute atomic E-state index is 0.131. The number of carbonyl (C=O) groups excluding carboxylic acids is 1. The van der Waals surface area contributed by atoms with E-state index in [0.29, 0.717) is 17.3 Å². The fourth-order valence-corrected chi connectivity index (χ4v) is 4.94. The van der Waals surface area contributed by atoms with Gasteiger partial charge in [0.05, 0.1) is 5.56 Å². The molecule has 5 rings (SSSR count). The molecule has 0 saturated heterocycles. The van der Waals surface area contributed by atoms with E-state index in [2.05, 4.69) is 15.5 Å². The van der Waals surface area contributed by atoms with Crippen molar-refractivity contribution in [3.05, 3.63) is 76.7 Å². The quantitative estimate of drug-likeness (QED) is 0.483. The number of carbonyl (C=O) groups is 1. The number of rotatable bonds is 4. The molecule has 0 spiro atoms. The number of fused-ring (bicyclic) bond motifs is 1. The van der Waals surface area contributed by atoms with E-state index in [1.54, 1.807) is 11.3 Å². The minimum atomic E-state index is -0.131. The van der Waals surface area contributed by atoms with Gasteiger partial charge in [0, 0.05) is 16.0 Å². The molecule has 144 valence electrons. The molecule has 0 saturated carbocycles. The summed E-state index contributed by atoms with van der Waals surface area (Å²) in [6.45, 7) is 0. The highest BCUT2D eigenvalue weighted by Crippen LogP contribution is 2.44. The molecule has 1 aliphatic rings. The third-order valence-corrected chi connectivity index (χ3v) is 6.30. The van der Waals surface area contributed by atoms with Crippen molar-refractivity contribution in [2.75, 3.05) is 5.32 Å². The average Bonchev–Trinajstić information content (AvgIpc) is 3.39. The minimum Gasteiger partial charge on any atom is -0.416 e. The lowest BCUT2D eigenvalue weighted by Crippen LogP contribution is -2.11. The Labute approximate surface area is 172 Å². The van der Waals surface area contributed by atoms with E-state index < -0.39 is 0 Å². The number of aromatic nitrogens is 2. The highest BCUT2D eigenvalue weighted by molar-refractivity contribution is 7.17. The van der Waals surface area contributed by atoms with E-state index >= 15 is 0 Å². The van der Waals surface area contributed by atoms with Gasteiger partial charge in [0.2, 0.25) is 5.89 Å². The molecule has 1 amide bonds. The maximum Gasteiger partial charge on any atom is 0.256 e. The lowest BCUT2D eigenvalue weighted by Gasteiger charge is -2.11. The zero-order valence-corrected chi connectivity index (χ0v) is 16.5. The number of anilines is 1. The van der Waals surface area contributed by atoms with Gasteiger partial charge in [-0.05, 0) is 55.5 Å². The van der Waals surface area contributed by atoms with Gasteiger partial charge < -0.3 is 9.73 Å². The lowest BCUT2D eigenvalue weighted by molar-refractivity contribution is 0.102. The molecular formula is C23H19N3O2S. The molecule has 2 aromatic heterocycles. The summed E-state index contributed by atoms with van der Waals surface area (Å²) in [5.74, 6) is 0.816. The summed E-state index contributed by atoms with van der Waals surface area (Å²) in [6.07, 6.45) is 4.28. The third-order valence-electron chi connectivity index (χ3n) is 5.09. The van der Waals surface area contributed by atoms with Gasteiger partial charge in [0.15, 0.2) is 0 Å². The van der Waals surface area contributed by atoms with Crippen molar-refractivity contribution in [1.29, 1.82) is 0 Å². The Morgan fingerprint density at radius 3 is 2.38 bits per heavy atom. The van der Waals surface area contributed by atoms with E-state index in [-0.39, 0.29) is 5.91 Å². The summed E-state index contributed by atoms with van der Waals surface area (Å²) in [6, 6.07) is 19.0. The van der Waals surface area contributed by atoms with Crippen LogP contribution in [-0.2, 0) is 12.8 Å². The molecule has 0 aliphatic heterocycles. The Morgan fingerprint density at radius 2 is 1.59 bits per heavy atom. The predicted octanol–water partition coefficient (Wildman–Crippen LogP) is 5.60. The lowest BCUT2D eigenvalue weighted by atomic mass is 9.95. The van der Waals surface area contributed by atoms with Crippen LogP contribution in [-0.4, -0.2) is 16.1 Å². The molecular weight excluding hydrogens is 382 g/mol. The van der Waals surface area contributed by atoms with E-state index in [1.807, 2.05) is 60.7 Å². The van der Waals surface area contributed by atoms with Crippen LogP contribution in [0, 0.1) is 0 Å². The number of hydrogen-bond donors (Lipinski definition) is 1. The standard InChI is InChI=1S/C23H19N3O2S/c27-20(15-9-3-1-4-10-15)24-23-19(17-13-7-8-14-18(17)29-23)22-26-25-21(28-22)16-11-5-2-6-12-16/h1-6,9-12H,7-8,13-14H2,(H,24,27). The first-order chi connectivity index (χ1) is 14.3. The molecule has 0 unspecified atom stereocenters. The first-order valence-electron chi connectivity index (χ1n) is 9.70. The summed E-state index contributed by atoms with van der Waals surface area (Å²) in [5, 5.41) is 12.4. The first kappa shape index (κ1) is 17.8. The summed E-state index contributed by atoms with van der Waals surface area (Å²) < 4.78 is 6.04. The van der Waals surface area contributed by atoms with Gasteiger partial charge in [-0.1, -0.05) is 36.4 Å². The highest BCUT2D eigenvalue weighted by atomic mass is 32.1. The number of nitrogens with one attached hydrogen (secondary N) is 1. The second-order valence-electron chi connectivity index (χ2n) is 7.01. The van der Waals surface area contributed by atoms with Crippen LogP contribution in [0.1, 0.15) is 33.6 Å². The number of amides is 1. The van der Waals surface area contributed by atoms with Crippen molar-refractivity contribution in [1.82, 2.24) is 10.2 Å². The van der Waals surface area contributed by atoms with Crippen molar-refractivity contribution < 1.29 is 9.21 Å². The summed E-state index contributed by atoms with van der Waals surface area (Å²) in [4.78, 5) is 14.1. The largest absolute Gasteiger partial charge is 0.416 e. The Kier molecular flexibility index (Phi) is 4.69. The fraction of sp³-hybridized carbons (Fsp3) is 0.174. The van der Waals surface area contributed by atoms with Gasteiger partial charge in [0.1, 0.15) is 5.00 Å². The van der Waals surface area contributed by atoms with Crippen LogP contribution in [0.3, 0.4) is 0 Å². The van der Waals surface area contributed by atoms with Gasteiger partial charge in [-0.15, -0.1) is 21.5 Å². The molecule has 29 heavy (non-hydrogen) atoms. The van der Waals surface area contributed by atoms with Crippen molar-refractivity contribution in [2.24, 2.45) is 0 Å². The Morgan fingerprint density at radius 1 is 0.897 bits per heavy atom. The Bertz CT molecular complexity index is 1150. The number of nitrogens with zero attached hydrogens (tertiary/aromatic N) is 2. The average molecular weight is 401 g/mol. The molecule has 2 aromatic carbocycles. The number of benzene rings is 2. The highest BCUT2D eigenvalue weighted by Gasteiger charge is 2.26. The molecule has 1 N–H and O–H groups in total. The smallest absolute Gasteiger partial charge is 0.256 e. The van der Waals surface area contributed by atoms with Crippen molar-refractivity contribution >= 4 is 22.2 Å². The third kappa shape index (κ3) is 3.47. The van der Waals surface area contributed by atoms with E-state index in [0.717, 1.165) is 41.8 Å². The summed E-state index contributed by atoms with van der Waals surface area (Å²) >= 11 is 1.63.